The maximum atomic E-state index is 12.4. The molecule has 1 aliphatic rings. The Hall–Kier alpha value is -4.50. The molecule has 0 unspecified atom stereocenters. The van der Waals surface area contributed by atoms with Crippen molar-refractivity contribution in [1.29, 1.82) is 0 Å². The van der Waals surface area contributed by atoms with Crippen LogP contribution in [-0.4, -0.2) is 33.6 Å². The molecular weight excluding hydrogens is 546 g/mol. The van der Waals surface area contributed by atoms with Gasteiger partial charge in [-0.3, -0.25) is 9.78 Å². The average molecular weight is 582 g/mol. The molecule has 0 radical (unpaired) electrons. The van der Waals surface area contributed by atoms with Gasteiger partial charge < -0.3 is 24.8 Å². The minimum Gasteiger partial charge on any atom is -0.465 e. The van der Waals surface area contributed by atoms with Gasteiger partial charge in [0.1, 0.15) is 0 Å². The number of amides is 1. The molecule has 0 saturated carbocycles. The van der Waals surface area contributed by atoms with Crippen LogP contribution in [-0.2, 0) is 9.53 Å². The Kier molecular flexibility index (Phi) is 8.13. The predicted molar refractivity (Wildman–Crippen MR) is 169 cm³/mol. The van der Waals surface area contributed by atoms with Crippen molar-refractivity contribution < 1.29 is 14.3 Å². The molecule has 1 amide bonds. The van der Waals surface area contributed by atoms with Gasteiger partial charge in [-0.2, -0.15) is 0 Å². The molecule has 0 aliphatic carbocycles. The lowest BCUT2D eigenvalue weighted by Gasteiger charge is -2.29. The van der Waals surface area contributed by atoms with E-state index in [2.05, 4.69) is 51.1 Å². The van der Waals surface area contributed by atoms with Crippen molar-refractivity contribution in [2.24, 2.45) is 5.92 Å². The van der Waals surface area contributed by atoms with Crippen LogP contribution in [0, 0.1) is 26.7 Å². The fourth-order valence-electron chi connectivity index (χ4n) is 5.51. The van der Waals surface area contributed by atoms with Crippen molar-refractivity contribution in [3.8, 4) is 5.69 Å². The number of benzene rings is 2. The quantitative estimate of drug-likeness (QED) is 0.194. The minimum absolute atomic E-state index is 0.0237. The number of carbonyl (C=O) groups is 2. The zero-order valence-electron chi connectivity index (χ0n) is 24.6. The first-order valence-corrected chi connectivity index (χ1v) is 14.3. The first-order chi connectivity index (χ1) is 20.1. The average Bonchev–Trinajstić information content (AvgIpc) is 3.48. The number of anilines is 2. The van der Waals surface area contributed by atoms with E-state index in [1.165, 1.54) is 7.11 Å². The fourth-order valence-corrected chi connectivity index (χ4v) is 5.86. The standard InChI is InChI=1S/C33H35N5O3S/c1-19(2)31(39)35-27-15-14-25(17-20(27)3)38-30(29(36-33(38)42)28-9-7-8-16-34-28)26-18-21(4)37(22(26)5)24-12-10-23(11-13-24)32(40)41-6/h7-19,29-30H,1-6H3,(H,35,39)(H,36,42)/t29-,30-/m0/s1. The van der Waals surface area contributed by atoms with E-state index in [1.54, 1.807) is 18.3 Å². The number of carbonyl (C=O) groups excluding carboxylic acids is 2. The van der Waals surface area contributed by atoms with E-state index in [4.69, 9.17) is 17.0 Å². The Bertz CT molecular complexity index is 1650. The van der Waals surface area contributed by atoms with E-state index in [0.717, 1.165) is 45.3 Å². The normalized spacial score (nSPS) is 16.5. The highest BCUT2D eigenvalue weighted by atomic mass is 32.1. The number of nitrogens with zero attached hydrogens (tertiary/aromatic N) is 3. The van der Waals surface area contributed by atoms with Gasteiger partial charge in [0.05, 0.1) is 30.5 Å². The Morgan fingerprint density at radius 1 is 1.00 bits per heavy atom. The summed E-state index contributed by atoms with van der Waals surface area (Å²) in [5, 5.41) is 7.15. The van der Waals surface area contributed by atoms with Crippen LogP contribution < -0.4 is 15.5 Å². The molecule has 2 aromatic carbocycles. The second kappa shape index (κ2) is 11.8. The van der Waals surface area contributed by atoms with Crippen molar-refractivity contribution in [3.05, 3.63) is 107 Å². The van der Waals surface area contributed by atoms with E-state index in [-0.39, 0.29) is 29.9 Å². The van der Waals surface area contributed by atoms with Gasteiger partial charge in [-0.05, 0) is 105 Å². The lowest BCUT2D eigenvalue weighted by molar-refractivity contribution is -0.118. The fraction of sp³-hybridized carbons (Fsp3) is 0.273. The molecule has 0 bridgehead atoms. The summed E-state index contributed by atoms with van der Waals surface area (Å²) < 4.78 is 7.05. The molecule has 1 aliphatic heterocycles. The summed E-state index contributed by atoms with van der Waals surface area (Å²) in [5.41, 5.74) is 8.18. The van der Waals surface area contributed by atoms with Crippen LogP contribution in [0.5, 0.6) is 0 Å². The van der Waals surface area contributed by atoms with Crippen molar-refractivity contribution >= 4 is 40.6 Å². The number of aromatic nitrogens is 2. The molecule has 216 valence electrons. The number of thiocarbonyl (C=S) groups is 1. The lowest BCUT2D eigenvalue weighted by atomic mass is 9.96. The largest absolute Gasteiger partial charge is 0.465 e. The van der Waals surface area contributed by atoms with Gasteiger partial charge in [0, 0.05) is 40.6 Å². The molecule has 1 fully saturated rings. The number of ether oxygens (including phenoxy) is 1. The third-order valence-electron chi connectivity index (χ3n) is 7.70. The number of hydrogen-bond acceptors (Lipinski definition) is 5. The summed E-state index contributed by atoms with van der Waals surface area (Å²) in [5.74, 6) is -0.508. The summed E-state index contributed by atoms with van der Waals surface area (Å²) in [6.45, 7) is 9.91. The second-order valence-corrected chi connectivity index (χ2v) is 11.2. The summed E-state index contributed by atoms with van der Waals surface area (Å²) in [4.78, 5) is 31.2. The molecule has 2 atom stereocenters. The summed E-state index contributed by atoms with van der Waals surface area (Å²) in [7, 11) is 1.38. The zero-order valence-corrected chi connectivity index (χ0v) is 25.5. The van der Waals surface area contributed by atoms with E-state index in [9.17, 15) is 9.59 Å². The van der Waals surface area contributed by atoms with Crippen LogP contribution in [0.2, 0.25) is 0 Å². The molecule has 8 nitrogen and oxygen atoms in total. The van der Waals surface area contributed by atoms with Gasteiger partial charge in [-0.15, -0.1) is 0 Å². The third-order valence-corrected chi connectivity index (χ3v) is 8.02. The number of methoxy groups -OCH3 is 1. The molecule has 2 aromatic heterocycles. The smallest absolute Gasteiger partial charge is 0.337 e. The molecule has 9 heteroatoms. The van der Waals surface area contributed by atoms with Crippen LogP contribution in [0.1, 0.15) is 64.5 Å². The molecule has 4 aromatic rings. The molecule has 2 N–H and O–H groups in total. The monoisotopic (exact) mass is 581 g/mol. The first-order valence-electron chi connectivity index (χ1n) is 13.9. The Morgan fingerprint density at radius 2 is 1.71 bits per heavy atom. The first kappa shape index (κ1) is 29.0. The van der Waals surface area contributed by atoms with E-state index in [0.29, 0.717) is 10.7 Å². The molecule has 1 saturated heterocycles. The van der Waals surface area contributed by atoms with Crippen LogP contribution in [0.4, 0.5) is 11.4 Å². The molecule has 0 spiro atoms. The number of hydrogen-bond donors (Lipinski definition) is 2. The topological polar surface area (TPSA) is 88.5 Å². The van der Waals surface area contributed by atoms with Gasteiger partial charge in [0.2, 0.25) is 5.91 Å². The van der Waals surface area contributed by atoms with Gasteiger partial charge in [-0.1, -0.05) is 19.9 Å². The minimum atomic E-state index is -0.368. The van der Waals surface area contributed by atoms with E-state index >= 15 is 0 Å². The van der Waals surface area contributed by atoms with E-state index < -0.39 is 0 Å². The highest BCUT2D eigenvalue weighted by Gasteiger charge is 2.42. The summed E-state index contributed by atoms with van der Waals surface area (Å²) in [6, 6.07) is 21.1. The Labute approximate surface area is 251 Å². The maximum absolute atomic E-state index is 12.4. The van der Waals surface area contributed by atoms with Gasteiger partial charge >= 0.3 is 5.97 Å². The molecule has 5 rings (SSSR count). The van der Waals surface area contributed by atoms with Crippen LogP contribution in [0.3, 0.4) is 0 Å². The van der Waals surface area contributed by atoms with Crippen LogP contribution in [0.25, 0.3) is 5.69 Å². The maximum Gasteiger partial charge on any atom is 0.337 e. The van der Waals surface area contributed by atoms with Crippen molar-refractivity contribution in [3.63, 3.8) is 0 Å². The molecule has 42 heavy (non-hydrogen) atoms. The number of aryl methyl sites for hydroxylation is 2. The highest BCUT2D eigenvalue weighted by Crippen LogP contribution is 2.44. The number of rotatable bonds is 7. The second-order valence-electron chi connectivity index (χ2n) is 10.8. The number of nitrogens with one attached hydrogen (secondary N) is 2. The predicted octanol–water partition coefficient (Wildman–Crippen LogP) is 6.36. The SMILES string of the molecule is COC(=O)c1ccc(-n2c(C)cc([C@H]3[C@H](c4ccccn4)NC(=S)N3c3ccc(NC(=O)C(C)C)c(C)c3)c2C)cc1. The van der Waals surface area contributed by atoms with Crippen molar-refractivity contribution in [2.45, 2.75) is 46.7 Å². The van der Waals surface area contributed by atoms with Crippen LogP contribution >= 0.6 is 12.2 Å². The van der Waals surface area contributed by atoms with Crippen molar-refractivity contribution in [2.75, 3.05) is 17.3 Å². The molecule has 3 heterocycles. The number of pyridine rings is 1. The van der Waals surface area contributed by atoms with Gasteiger partial charge in [0.15, 0.2) is 5.11 Å². The Morgan fingerprint density at radius 3 is 2.33 bits per heavy atom. The van der Waals surface area contributed by atoms with Crippen LogP contribution in [0.15, 0.2) is 72.9 Å². The summed E-state index contributed by atoms with van der Waals surface area (Å²) in [6.07, 6.45) is 1.79. The van der Waals surface area contributed by atoms with E-state index in [1.807, 2.05) is 63.2 Å². The third kappa shape index (κ3) is 5.39. The molecular formula is C33H35N5O3S. The van der Waals surface area contributed by atoms with Crippen molar-refractivity contribution in [1.82, 2.24) is 14.9 Å². The zero-order chi connectivity index (χ0) is 30.1. The van der Waals surface area contributed by atoms with Gasteiger partial charge in [-0.25, -0.2) is 4.79 Å². The van der Waals surface area contributed by atoms with Gasteiger partial charge in [0.25, 0.3) is 0 Å². The highest BCUT2D eigenvalue weighted by molar-refractivity contribution is 7.80. The lowest BCUT2D eigenvalue weighted by Crippen LogP contribution is -2.29. The number of esters is 1. The Balaban J connectivity index is 1.59. The summed E-state index contributed by atoms with van der Waals surface area (Å²) >= 11 is 5.95.